The van der Waals surface area contributed by atoms with Gasteiger partial charge in [0, 0.05) is 6.20 Å². The summed E-state index contributed by atoms with van der Waals surface area (Å²) in [5.74, 6) is 0. The Morgan fingerprint density at radius 3 is 2.44 bits per heavy atom. The topological polar surface area (TPSA) is 52.0 Å². The van der Waals surface area contributed by atoms with Crippen LogP contribution in [0.1, 0.15) is 24.6 Å². The summed E-state index contributed by atoms with van der Waals surface area (Å²) < 4.78 is 25.6. The molecule has 0 aliphatic carbocycles. The standard InChI is InChI=1S/C13H16N2O2S/c1-3-4-12-9-10-15(14-12)18(16,17)13-7-5-11(2)6-8-13/h5-10H,3-4H2,1-2H3. The fourth-order valence-corrected chi connectivity index (χ4v) is 2.81. The lowest BCUT2D eigenvalue weighted by Gasteiger charge is -2.04. The van der Waals surface area contributed by atoms with Gasteiger partial charge in [-0.1, -0.05) is 31.0 Å². The van der Waals surface area contributed by atoms with Crippen LogP contribution < -0.4 is 0 Å². The molecule has 2 aromatic rings. The van der Waals surface area contributed by atoms with E-state index in [1.807, 2.05) is 13.8 Å². The van der Waals surface area contributed by atoms with Gasteiger partial charge in [0.25, 0.3) is 10.0 Å². The van der Waals surface area contributed by atoms with Gasteiger partial charge in [0.1, 0.15) is 0 Å². The van der Waals surface area contributed by atoms with Crippen molar-refractivity contribution in [2.24, 2.45) is 0 Å². The number of nitrogens with zero attached hydrogens (tertiary/aromatic N) is 2. The van der Waals surface area contributed by atoms with Crippen LogP contribution in [0, 0.1) is 6.92 Å². The van der Waals surface area contributed by atoms with Crippen LogP contribution in [0.5, 0.6) is 0 Å². The second kappa shape index (κ2) is 4.94. The van der Waals surface area contributed by atoms with E-state index in [1.165, 1.54) is 6.20 Å². The van der Waals surface area contributed by atoms with E-state index in [0.717, 1.165) is 28.2 Å². The zero-order valence-electron chi connectivity index (χ0n) is 10.5. The fraction of sp³-hybridized carbons (Fsp3) is 0.308. The van der Waals surface area contributed by atoms with Crippen molar-refractivity contribution >= 4 is 10.0 Å². The third-order valence-corrected chi connectivity index (χ3v) is 4.26. The summed E-state index contributed by atoms with van der Waals surface area (Å²) in [5, 5.41) is 4.10. The maximum atomic E-state index is 12.3. The Labute approximate surface area is 107 Å². The van der Waals surface area contributed by atoms with Gasteiger partial charge in [0.05, 0.1) is 10.6 Å². The van der Waals surface area contributed by atoms with Crippen LogP contribution in [0.2, 0.25) is 0 Å². The molecule has 5 heteroatoms. The summed E-state index contributed by atoms with van der Waals surface area (Å²) in [6.07, 6.45) is 3.23. The monoisotopic (exact) mass is 264 g/mol. The zero-order valence-corrected chi connectivity index (χ0v) is 11.3. The molecule has 0 bridgehead atoms. The molecule has 1 heterocycles. The van der Waals surface area contributed by atoms with Gasteiger partial charge >= 0.3 is 0 Å². The Morgan fingerprint density at radius 1 is 1.17 bits per heavy atom. The summed E-state index contributed by atoms with van der Waals surface area (Å²) in [5.41, 5.74) is 1.83. The van der Waals surface area contributed by atoms with Gasteiger partial charge < -0.3 is 0 Å². The Balaban J connectivity index is 2.38. The SMILES string of the molecule is CCCc1ccn(S(=O)(=O)c2ccc(C)cc2)n1. The van der Waals surface area contributed by atoms with Crippen LogP contribution in [0.15, 0.2) is 41.4 Å². The van der Waals surface area contributed by atoms with E-state index in [9.17, 15) is 8.42 Å². The van der Waals surface area contributed by atoms with E-state index in [1.54, 1.807) is 30.3 Å². The van der Waals surface area contributed by atoms with Crippen LogP contribution >= 0.6 is 0 Å². The first-order valence-electron chi connectivity index (χ1n) is 5.91. The minimum atomic E-state index is -3.55. The van der Waals surface area contributed by atoms with Crippen LogP contribution in [0.4, 0.5) is 0 Å². The summed E-state index contributed by atoms with van der Waals surface area (Å²) in [6, 6.07) is 8.51. The molecule has 1 aromatic heterocycles. The molecule has 0 aliphatic heterocycles. The maximum Gasteiger partial charge on any atom is 0.282 e. The van der Waals surface area contributed by atoms with Crippen molar-refractivity contribution in [3.8, 4) is 0 Å². The van der Waals surface area contributed by atoms with Crippen molar-refractivity contribution in [3.05, 3.63) is 47.8 Å². The highest BCUT2D eigenvalue weighted by atomic mass is 32.2. The predicted molar refractivity (Wildman–Crippen MR) is 70.0 cm³/mol. The van der Waals surface area contributed by atoms with E-state index >= 15 is 0 Å². The molecular weight excluding hydrogens is 248 g/mol. The minimum absolute atomic E-state index is 0.263. The van der Waals surface area contributed by atoms with E-state index in [0.29, 0.717) is 0 Å². The lowest BCUT2D eigenvalue weighted by atomic mass is 10.2. The van der Waals surface area contributed by atoms with Gasteiger partial charge in [-0.15, -0.1) is 0 Å². The molecule has 96 valence electrons. The van der Waals surface area contributed by atoms with Crippen molar-refractivity contribution in [2.75, 3.05) is 0 Å². The molecule has 4 nitrogen and oxygen atoms in total. The van der Waals surface area contributed by atoms with Crippen molar-refractivity contribution in [2.45, 2.75) is 31.6 Å². The summed E-state index contributed by atoms with van der Waals surface area (Å²) in [6.45, 7) is 3.96. The molecule has 18 heavy (non-hydrogen) atoms. The molecular formula is C13H16N2O2S. The highest BCUT2D eigenvalue weighted by Crippen LogP contribution is 2.14. The zero-order chi connectivity index (χ0) is 13.2. The molecule has 0 aliphatic rings. The minimum Gasteiger partial charge on any atom is -0.199 e. The molecule has 0 N–H and O–H groups in total. The van der Waals surface area contributed by atoms with Crippen LogP contribution in [0.25, 0.3) is 0 Å². The van der Waals surface area contributed by atoms with Gasteiger partial charge in [0.15, 0.2) is 0 Å². The number of benzene rings is 1. The molecule has 0 spiro atoms. The molecule has 0 atom stereocenters. The van der Waals surface area contributed by atoms with E-state index < -0.39 is 10.0 Å². The normalized spacial score (nSPS) is 11.7. The van der Waals surface area contributed by atoms with Crippen molar-refractivity contribution in [1.29, 1.82) is 0 Å². The van der Waals surface area contributed by atoms with Crippen molar-refractivity contribution in [1.82, 2.24) is 9.19 Å². The first kappa shape index (κ1) is 12.8. The summed E-state index contributed by atoms with van der Waals surface area (Å²) in [4.78, 5) is 0.263. The van der Waals surface area contributed by atoms with Gasteiger partial charge in [-0.2, -0.15) is 17.6 Å². The van der Waals surface area contributed by atoms with E-state index in [4.69, 9.17) is 0 Å². The number of rotatable bonds is 4. The second-order valence-electron chi connectivity index (χ2n) is 4.25. The fourth-order valence-electron chi connectivity index (χ4n) is 1.68. The Hall–Kier alpha value is -1.62. The Morgan fingerprint density at radius 2 is 1.83 bits per heavy atom. The van der Waals surface area contributed by atoms with Gasteiger partial charge in [-0.3, -0.25) is 0 Å². The van der Waals surface area contributed by atoms with Crippen LogP contribution in [-0.2, 0) is 16.4 Å². The highest BCUT2D eigenvalue weighted by Gasteiger charge is 2.17. The molecule has 0 radical (unpaired) electrons. The number of hydrogen-bond acceptors (Lipinski definition) is 3. The number of aromatic nitrogens is 2. The molecule has 0 fully saturated rings. The molecule has 0 saturated carbocycles. The quantitative estimate of drug-likeness (QED) is 0.852. The average Bonchev–Trinajstić information content (AvgIpc) is 2.79. The van der Waals surface area contributed by atoms with Gasteiger partial charge in [-0.25, -0.2) is 0 Å². The Kier molecular flexibility index (Phi) is 3.52. The average molecular weight is 264 g/mol. The van der Waals surface area contributed by atoms with E-state index in [2.05, 4.69) is 5.10 Å². The number of aryl methyl sites for hydroxylation is 2. The second-order valence-corrected chi connectivity index (χ2v) is 6.04. The first-order chi connectivity index (χ1) is 8.54. The Bertz CT molecular complexity index is 627. The lowest BCUT2D eigenvalue weighted by Crippen LogP contribution is -2.13. The van der Waals surface area contributed by atoms with Crippen molar-refractivity contribution < 1.29 is 8.42 Å². The van der Waals surface area contributed by atoms with Gasteiger partial charge in [0.2, 0.25) is 0 Å². The van der Waals surface area contributed by atoms with Gasteiger partial charge in [-0.05, 0) is 31.5 Å². The molecule has 0 saturated heterocycles. The predicted octanol–water partition coefficient (Wildman–Crippen LogP) is 2.38. The first-order valence-corrected chi connectivity index (χ1v) is 7.35. The molecule has 1 aromatic carbocycles. The maximum absolute atomic E-state index is 12.3. The summed E-state index contributed by atoms with van der Waals surface area (Å²) in [7, 11) is -3.55. The molecule has 0 unspecified atom stereocenters. The smallest absolute Gasteiger partial charge is 0.199 e. The highest BCUT2D eigenvalue weighted by molar-refractivity contribution is 7.89. The molecule has 2 rings (SSSR count). The third kappa shape index (κ3) is 2.46. The number of hydrogen-bond donors (Lipinski definition) is 0. The van der Waals surface area contributed by atoms with Crippen molar-refractivity contribution in [3.63, 3.8) is 0 Å². The third-order valence-electron chi connectivity index (χ3n) is 2.69. The largest absolute Gasteiger partial charge is 0.282 e. The van der Waals surface area contributed by atoms with Crippen LogP contribution in [0.3, 0.4) is 0 Å². The summed E-state index contributed by atoms with van der Waals surface area (Å²) >= 11 is 0. The lowest BCUT2D eigenvalue weighted by molar-refractivity contribution is 0.579. The molecule has 0 amide bonds. The van der Waals surface area contributed by atoms with E-state index in [-0.39, 0.29) is 4.90 Å². The van der Waals surface area contributed by atoms with Crippen LogP contribution in [-0.4, -0.2) is 17.6 Å².